The minimum absolute atomic E-state index is 0.0875. The molecule has 0 radical (unpaired) electrons. The van der Waals surface area contributed by atoms with Crippen LogP contribution in [0.5, 0.6) is 0 Å². The molecule has 0 saturated carbocycles. The van der Waals surface area contributed by atoms with E-state index in [9.17, 15) is 9.18 Å². The monoisotopic (exact) mass is 378 g/mol. The topological polar surface area (TPSA) is 98.9 Å². The minimum Gasteiger partial charge on any atom is -0.398 e. The van der Waals surface area contributed by atoms with Crippen LogP contribution in [0.1, 0.15) is 11.7 Å². The van der Waals surface area contributed by atoms with Gasteiger partial charge >= 0.3 is 0 Å². The molecule has 0 spiro atoms. The summed E-state index contributed by atoms with van der Waals surface area (Å²) in [5.41, 5.74) is 7.49. The van der Waals surface area contributed by atoms with Gasteiger partial charge in [0.15, 0.2) is 6.17 Å². The molecule has 1 saturated heterocycles. The van der Waals surface area contributed by atoms with Crippen molar-refractivity contribution in [2.45, 2.75) is 6.17 Å². The maximum atomic E-state index is 14.3. The Balaban J connectivity index is 1.61. The number of nitrogens with one attached hydrogen (secondary N) is 2. The first-order valence-electron chi connectivity index (χ1n) is 9.23. The highest BCUT2D eigenvalue weighted by Gasteiger charge is 2.23. The molecule has 0 unspecified atom stereocenters. The quantitative estimate of drug-likeness (QED) is 0.609. The van der Waals surface area contributed by atoms with E-state index < -0.39 is 17.5 Å². The molecule has 28 heavy (non-hydrogen) atoms. The molecule has 3 heterocycles. The molecule has 0 aliphatic carbocycles. The van der Waals surface area contributed by atoms with E-state index in [1.165, 1.54) is 12.1 Å². The number of nitrogen functional groups attached to an aromatic ring is 1. The average Bonchev–Trinajstić information content (AvgIpc) is 3.11. The van der Waals surface area contributed by atoms with Crippen LogP contribution in [0.4, 0.5) is 15.8 Å². The number of hydrogen-bond donors (Lipinski definition) is 3. The number of fused-ring (bicyclic) bond motifs is 2. The number of aromatic nitrogens is 1. The minimum atomic E-state index is -0.777. The molecule has 5 rings (SSSR count). The molecule has 2 aliphatic heterocycles. The summed E-state index contributed by atoms with van der Waals surface area (Å²) in [4.78, 5) is 26.8. The number of nitrogens with two attached hydrogens (primary N) is 1. The van der Waals surface area contributed by atoms with Gasteiger partial charge in [0.2, 0.25) is 0 Å². The van der Waals surface area contributed by atoms with Crippen LogP contribution in [-0.2, 0) is 0 Å². The van der Waals surface area contributed by atoms with Gasteiger partial charge in [-0.25, -0.2) is 4.39 Å². The highest BCUT2D eigenvalue weighted by Crippen LogP contribution is 2.29. The standard InChI is InChI=1S/C20H19FN6O/c21-12-2-1-3-14-16(12)18(22)17(20(28)26-14)19-24-13-5-4-11(10-15(13)25-19)27-8-6-23-7-9-27/h1-5,10,19,23H,6-9H2,(H3,22,26,28)/t19-/m0/s1. The van der Waals surface area contributed by atoms with Crippen LogP contribution in [-0.4, -0.2) is 31.2 Å². The Hall–Kier alpha value is -3.26. The van der Waals surface area contributed by atoms with Crippen molar-refractivity contribution in [1.29, 1.82) is 0 Å². The van der Waals surface area contributed by atoms with Crippen LogP contribution >= 0.6 is 0 Å². The van der Waals surface area contributed by atoms with Crippen molar-refractivity contribution in [3.05, 3.63) is 68.8 Å². The van der Waals surface area contributed by atoms with Crippen molar-refractivity contribution < 1.29 is 4.39 Å². The molecule has 2 aliphatic rings. The van der Waals surface area contributed by atoms with Crippen molar-refractivity contribution in [2.75, 3.05) is 36.8 Å². The van der Waals surface area contributed by atoms with E-state index in [0.717, 1.165) is 31.9 Å². The Morgan fingerprint density at radius 3 is 2.71 bits per heavy atom. The number of halogens is 1. The molecule has 1 fully saturated rings. The average molecular weight is 378 g/mol. The smallest absolute Gasteiger partial charge is 0.257 e. The van der Waals surface area contributed by atoms with E-state index in [1.54, 1.807) is 6.07 Å². The summed E-state index contributed by atoms with van der Waals surface area (Å²) in [6, 6.07) is 10.4. The second kappa shape index (κ2) is 6.42. The molecule has 8 heteroatoms. The van der Waals surface area contributed by atoms with Gasteiger partial charge in [0.1, 0.15) is 5.82 Å². The fraction of sp³-hybridized carbons (Fsp3) is 0.250. The van der Waals surface area contributed by atoms with Crippen molar-refractivity contribution in [2.24, 2.45) is 9.98 Å². The SMILES string of the molecule is Nc1c([C@H]2N=c3ccc(N4CCNCC4)cc3=N2)c(=O)[nH]c2cccc(F)c12. The zero-order valence-electron chi connectivity index (χ0n) is 15.1. The van der Waals surface area contributed by atoms with Gasteiger partial charge in [-0.3, -0.25) is 14.8 Å². The Morgan fingerprint density at radius 2 is 1.89 bits per heavy atom. The lowest BCUT2D eigenvalue weighted by Crippen LogP contribution is -2.44. The molecule has 2 aromatic carbocycles. The zero-order chi connectivity index (χ0) is 19.3. The van der Waals surface area contributed by atoms with E-state index >= 15 is 0 Å². The van der Waals surface area contributed by atoms with Crippen molar-refractivity contribution in [3.63, 3.8) is 0 Å². The van der Waals surface area contributed by atoms with E-state index in [4.69, 9.17) is 5.73 Å². The molecule has 7 nitrogen and oxygen atoms in total. The third-order valence-corrected chi connectivity index (χ3v) is 5.29. The molecule has 0 amide bonds. The largest absolute Gasteiger partial charge is 0.398 e. The number of benzene rings is 2. The molecule has 4 N–H and O–H groups in total. The predicted octanol–water partition coefficient (Wildman–Crippen LogP) is 0.611. The summed E-state index contributed by atoms with van der Waals surface area (Å²) < 4.78 is 14.3. The molecule has 3 aromatic rings. The highest BCUT2D eigenvalue weighted by atomic mass is 19.1. The third-order valence-electron chi connectivity index (χ3n) is 5.29. The Morgan fingerprint density at radius 1 is 1.11 bits per heavy atom. The van der Waals surface area contributed by atoms with E-state index in [-0.39, 0.29) is 16.6 Å². The Kier molecular flexibility index (Phi) is 3.87. The highest BCUT2D eigenvalue weighted by molar-refractivity contribution is 5.92. The first-order valence-corrected chi connectivity index (χ1v) is 9.23. The fourth-order valence-corrected chi connectivity index (χ4v) is 3.87. The number of aromatic amines is 1. The molecule has 1 atom stereocenters. The third kappa shape index (κ3) is 2.65. The number of anilines is 2. The van der Waals surface area contributed by atoms with Crippen molar-refractivity contribution in [3.8, 4) is 0 Å². The fourth-order valence-electron chi connectivity index (χ4n) is 3.87. The zero-order valence-corrected chi connectivity index (χ0v) is 15.1. The maximum Gasteiger partial charge on any atom is 0.257 e. The first-order chi connectivity index (χ1) is 13.6. The Labute approximate surface area is 159 Å². The van der Waals surface area contributed by atoms with E-state index in [0.29, 0.717) is 16.2 Å². The molecular weight excluding hydrogens is 359 g/mol. The van der Waals surface area contributed by atoms with Gasteiger partial charge in [0.25, 0.3) is 5.56 Å². The number of H-pyrrole nitrogens is 1. The number of rotatable bonds is 2. The summed E-state index contributed by atoms with van der Waals surface area (Å²) in [5.74, 6) is -0.482. The summed E-state index contributed by atoms with van der Waals surface area (Å²) in [7, 11) is 0. The molecular formula is C20H19FN6O. The van der Waals surface area contributed by atoms with E-state index in [2.05, 4.69) is 25.2 Å². The van der Waals surface area contributed by atoms with Crippen LogP contribution in [0.2, 0.25) is 0 Å². The molecule has 142 valence electrons. The second-order valence-corrected chi connectivity index (χ2v) is 6.99. The normalized spacial score (nSPS) is 18.6. The number of hydrogen-bond acceptors (Lipinski definition) is 6. The maximum absolute atomic E-state index is 14.3. The lowest BCUT2D eigenvalue weighted by atomic mass is 10.1. The van der Waals surface area contributed by atoms with Gasteiger partial charge in [-0.15, -0.1) is 0 Å². The number of piperazine rings is 1. The summed E-state index contributed by atoms with van der Waals surface area (Å²) in [5, 5.41) is 4.95. The van der Waals surface area contributed by atoms with Gasteiger partial charge < -0.3 is 20.9 Å². The number of pyridine rings is 1. The van der Waals surface area contributed by atoms with Crippen LogP contribution < -0.4 is 32.2 Å². The molecule has 0 bridgehead atoms. The lowest BCUT2D eigenvalue weighted by Gasteiger charge is -2.29. The van der Waals surface area contributed by atoms with Crippen LogP contribution in [0.25, 0.3) is 10.9 Å². The second-order valence-electron chi connectivity index (χ2n) is 6.99. The first kappa shape index (κ1) is 16.9. The van der Waals surface area contributed by atoms with E-state index in [1.807, 2.05) is 18.2 Å². The summed E-state index contributed by atoms with van der Waals surface area (Å²) in [6.45, 7) is 3.73. The van der Waals surface area contributed by atoms with Crippen LogP contribution in [0, 0.1) is 5.82 Å². The van der Waals surface area contributed by atoms with Gasteiger partial charge in [0, 0.05) is 31.9 Å². The number of nitrogens with zero attached hydrogens (tertiary/aromatic N) is 3. The Bertz CT molecular complexity index is 1260. The van der Waals surface area contributed by atoms with Gasteiger partial charge in [-0.05, 0) is 30.3 Å². The predicted molar refractivity (Wildman–Crippen MR) is 106 cm³/mol. The summed E-state index contributed by atoms with van der Waals surface area (Å²) in [6.07, 6.45) is -0.777. The molecule has 1 aromatic heterocycles. The van der Waals surface area contributed by atoms with Crippen LogP contribution in [0.15, 0.2) is 51.2 Å². The van der Waals surface area contributed by atoms with Crippen molar-refractivity contribution >= 4 is 22.3 Å². The van der Waals surface area contributed by atoms with Gasteiger partial charge in [-0.2, -0.15) is 0 Å². The van der Waals surface area contributed by atoms with Crippen LogP contribution in [0.3, 0.4) is 0 Å². The van der Waals surface area contributed by atoms with Gasteiger partial charge in [-0.1, -0.05) is 6.07 Å². The van der Waals surface area contributed by atoms with Gasteiger partial charge in [0.05, 0.1) is 32.9 Å². The van der Waals surface area contributed by atoms with Crippen molar-refractivity contribution in [1.82, 2.24) is 10.3 Å². The lowest BCUT2D eigenvalue weighted by molar-refractivity contribution is 0.589. The summed E-state index contributed by atoms with van der Waals surface area (Å²) >= 11 is 0.